The molecule has 0 radical (unpaired) electrons. The summed E-state index contributed by atoms with van der Waals surface area (Å²) in [6.07, 6.45) is 4.93. The zero-order chi connectivity index (χ0) is 20.7. The number of nitrogens with one attached hydrogen (secondary N) is 2. The van der Waals surface area contributed by atoms with E-state index in [0.717, 1.165) is 52.9 Å². The van der Waals surface area contributed by atoms with Gasteiger partial charge in [-0.2, -0.15) is 0 Å². The molecule has 2 heterocycles. The minimum absolute atomic E-state index is 0.00370. The minimum Gasteiger partial charge on any atom is -0.497 e. The van der Waals surface area contributed by atoms with Crippen LogP contribution in [0.4, 0.5) is 0 Å². The maximum atomic E-state index is 12.9. The number of amides is 1. The van der Waals surface area contributed by atoms with E-state index >= 15 is 0 Å². The maximum absolute atomic E-state index is 12.9. The standard InChI is InChI=1S/C24H25N3O3/c1-29-15-9-10-19-18(13-15)16-5-3-6-20(24(16)26-19)25-23(28)14-27-12-11-17-21(27)7-4-8-22(17)30-2/h4,7-13,20,26H,3,5-6,14H2,1-2H3,(H,25,28)/t20-/m1/s1. The fourth-order valence-corrected chi connectivity index (χ4v) is 4.62. The average molecular weight is 403 g/mol. The van der Waals surface area contributed by atoms with E-state index in [1.807, 2.05) is 47.2 Å². The van der Waals surface area contributed by atoms with Crippen molar-refractivity contribution in [3.8, 4) is 11.5 Å². The van der Waals surface area contributed by atoms with Crippen LogP contribution >= 0.6 is 0 Å². The molecule has 4 aromatic rings. The van der Waals surface area contributed by atoms with Crippen LogP contribution in [-0.2, 0) is 17.8 Å². The number of nitrogens with zero attached hydrogens (tertiary/aromatic N) is 1. The Kier molecular flexibility index (Phi) is 4.62. The Morgan fingerprint density at radius 2 is 2.07 bits per heavy atom. The van der Waals surface area contributed by atoms with Crippen molar-refractivity contribution in [1.29, 1.82) is 0 Å². The van der Waals surface area contributed by atoms with E-state index in [-0.39, 0.29) is 18.5 Å². The number of hydrogen-bond acceptors (Lipinski definition) is 3. The maximum Gasteiger partial charge on any atom is 0.240 e. The third kappa shape index (κ3) is 3.09. The second-order valence-electron chi connectivity index (χ2n) is 7.78. The highest BCUT2D eigenvalue weighted by Crippen LogP contribution is 2.36. The third-order valence-electron chi connectivity index (χ3n) is 6.06. The molecule has 2 aromatic carbocycles. The monoisotopic (exact) mass is 403 g/mol. The van der Waals surface area contributed by atoms with E-state index in [2.05, 4.69) is 16.4 Å². The summed E-state index contributed by atoms with van der Waals surface area (Å²) < 4.78 is 12.8. The summed E-state index contributed by atoms with van der Waals surface area (Å²) in [6, 6.07) is 14.0. The molecule has 0 bridgehead atoms. The number of methoxy groups -OCH3 is 2. The van der Waals surface area contributed by atoms with Gasteiger partial charge in [0, 0.05) is 28.2 Å². The summed E-state index contributed by atoms with van der Waals surface area (Å²) in [5.74, 6) is 1.67. The fourth-order valence-electron chi connectivity index (χ4n) is 4.62. The first-order chi connectivity index (χ1) is 14.7. The predicted molar refractivity (Wildman–Crippen MR) is 117 cm³/mol. The van der Waals surface area contributed by atoms with Gasteiger partial charge >= 0.3 is 0 Å². The summed E-state index contributed by atoms with van der Waals surface area (Å²) >= 11 is 0. The van der Waals surface area contributed by atoms with E-state index in [9.17, 15) is 4.79 Å². The highest BCUT2D eigenvalue weighted by molar-refractivity contribution is 5.89. The SMILES string of the molecule is COc1ccc2[nH]c3c(c2c1)CCC[C@H]3NC(=O)Cn1ccc2c(OC)cccc21. The smallest absolute Gasteiger partial charge is 0.240 e. The van der Waals surface area contributed by atoms with Crippen LogP contribution in [0.5, 0.6) is 11.5 Å². The molecule has 2 N–H and O–H groups in total. The summed E-state index contributed by atoms with van der Waals surface area (Å²) in [5.41, 5.74) is 4.49. The fraction of sp³-hybridized carbons (Fsp3) is 0.292. The molecule has 0 aliphatic heterocycles. The molecule has 0 unspecified atom stereocenters. The van der Waals surface area contributed by atoms with Gasteiger partial charge in [0.15, 0.2) is 0 Å². The molecule has 6 nitrogen and oxygen atoms in total. The van der Waals surface area contributed by atoms with Crippen molar-refractivity contribution >= 4 is 27.7 Å². The van der Waals surface area contributed by atoms with Crippen molar-refractivity contribution < 1.29 is 14.3 Å². The Morgan fingerprint density at radius 1 is 1.17 bits per heavy atom. The largest absolute Gasteiger partial charge is 0.497 e. The van der Waals surface area contributed by atoms with Gasteiger partial charge in [0.1, 0.15) is 18.0 Å². The molecule has 0 fully saturated rings. The second-order valence-corrected chi connectivity index (χ2v) is 7.78. The van der Waals surface area contributed by atoms with Crippen molar-refractivity contribution in [3.05, 3.63) is 59.9 Å². The van der Waals surface area contributed by atoms with Gasteiger partial charge in [-0.15, -0.1) is 0 Å². The molecule has 6 heteroatoms. The van der Waals surface area contributed by atoms with E-state index < -0.39 is 0 Å². The zero-order valence-corrected chi connectivity index (χ0v) is 17.2. The van der Waals surface area contributed by atoms with Gasteiger partial charge in [0.25, 0.3) is 0 Å². The third-order valence-corrected chi connectivity index (χ3v) is 6.06. The Morgan fingerprint density at radius 3 is 2.90 bits per heavy atom. The molecule has 1 atom stereocenters. The number of ether oxygens (including phenoxy) is 2. The van der Waals surface area contributed by atoms with Gasteiger partial charge in [0.05, 0.1) is 25.8 Å². The lowest BCUT2D eigenvalue weighted by Gasteiger charge is -2.24. The molecule has 0 saturated heterocycles. The predicted octanol–water partition coefficient (Wildman–Crippen LogP) is 4.33. The molecule has 5 rings (SSSR count). The quantitative estimate of drug-likeness (QED) is 0.521. The van der Waals surface area contributed by atoms with Crippen molar-refractivity contribution in [2.24, 2.45) is 0 Å². The molecule has 154 valence electrons. The molecule has 2 aromatic heterocycles. The highest BCUT2D eigenvalue weighted by Gasteiger charge is 2.26. The number of benzene rings is 2. The first-order valence-corrected chi connectivity index (χ1v) is 10.3. The first kappa shape index (κ1) is 18.6. The normalized spacial score (nSPS) is 15.9. The number of rotatable bonds is 5. The van der Waals surface area contributed by atoms with Crippen LogP contribution in [0.15, 0.2) is 48.7 Å². The van der Waals surface area contributed by atoms with Crippen LogP contribution in [0, 0.1) is 0 Å². The van der Waals surface area contributed by atoms with Gasteiger partial charge in [-0.25, -0.2) is 0 Å². The van der Waals surface area contributed by atoms with E-state index in [0.29, 0.717) is 0 Å². The summed E-state index contributed by atoms with van der Waals surface area (Å²) in [4.78, 5) is 16.4. The molecule has 30 heavy (non-hydrogen) atoms. The second kappa shape index (κ2) is 7.44. The summed E-state index contributed by atoms with van der Waals surface area (Å²) in [7, 11) is 3.35. The lowest BCUT2D eigenvalue weighted by Crippen LogP contribution is -2.33. The molecular formula is C24H25N3O3. The molecular weight excluding hydrogens is 378 g/mol. The van der Waals surface area contributed by atoms with Crippen molar-refractivity contribution in [3.63, 3.8) is 0 Å². The number of aromatic nitrogens is 2. The lowest BCUT2D eigenvalue weighted by molar-refractivity contribution is -0.122. The Bertz CT molecular complexity index is 1240. The van der Waals surface area contributed by atoms with E-state index in [1.165, 1.54) is 10.9 Å². The lowest BCUT2D eigenvalue weighted by atomic mass is 9.91. The number of hydrogen-bond donors (Lipinski definition) is 2. The number of carbonyl (C=O) groups excluding carboxylic acids is 1. The Labute approximate surface area is 174 Å². The van der Waals surface area contributed by atoms with E-state index in [4.69, 9.17) is 9.47 Å². The Balaban J connectivity index is 1.39. The minimum atomic E-state index is -0.00370. The van der Waals surface area contributed by atoms with Crippen molar-refractivity contribution in [2.75, 3.05) is 14.2 Å². The van der Waals surface area contributed by atoms with Crippen LogP contribution in [0.3, 0.4) is 0 Å². The number of fused-ring (bicyclic) bond motifs is 4. The number of aromatic amines is 1. The molecule has 1 aliphatic carbocycles. The number of H-pyrrole nitrogens is 1. The topological polar surface area (TPSA) is 68.3 Å². The summed E-state index contributed by atoms with van der Waals surface area (Å²) in [5, 5.41) is 5.44. The average Bonchev–Trinajstić information content (AvgIpc) is 3.35. The van der Waals surface area contributed by atoms with Crippen molar-refractivity contribution in [2.45, 2.75) is 31.8 Å². The highest BCUT2D eigenvalue weighted by atomic mass is 16.5. The number of aryl methyl sites for hydroxylation is 1. The van der Waals surface area contributed by atoms with Gasteiger partial charge in [0.2, 0.25) is 5.91 Å². The van der Waals surface area contributed by atoms with Crippen molar-refractivity contribution in [1.82, 2.24) is 14.9 Å². The molecule has 0 saturated carbocycles. The molecule has 1 amide bonds. The summed E-state index contributed by atoms with van der Waals surface area (Å²) in [6.45, 7) is 0.274. The van der Waals surface area contributed by atoms with Crippen LogP contribution in [0.2, 0.25) is 0 Å². The van der Waals surface area contributed by atoms with Crippen LogP contribution in [-0.4, -0.2) is 29.7 Å². The van der Waals surface area contributed by atoms with Gasteiger partial charge in [-0.1, -0.05) is 6.07 Å². The van der Waals surface area contributed by atoms with Crippen LogP contribution in [0.25, 0.3) is 21.8 Å². The molecule has 1 aliphatic rings. The first-order valence-electron chi connectivity index (χ1n) is 10.3. The Hall–Kier alpha value is -3.41. The zero-order valence-electron chi connectivity index (χ0n) is 17.2. The molecule has 0 spiro atoms. The van der Waals surface area contributed by atoms with Crippen LogP contribution < -0.4 is 14.8 Å². The van der Waals surface area contributed by atoms with Gasteiger partial charge < -0.3 is 24.3 Å². The number of carbonyl (C=O) groups is 1. The van der Waals surface area contributed by atoms with E-state index in [1.54, 1.807) is 14.2 Å². The van der Waals surface area contributed by atoms with Gasteiger partial charge in [-0.05, 0) is 61.2 Å². The van der Waals surface area contributed by atoms with Crippen LogP contribution in [0.1, 0.15) is 30.1 Å². The van der Waals surface area contributed by atoms with Gasteiger partial charge in [-0.3, -0.25) is 4.79 Å².